The molecule has 4 nitrogen and oxygen atoms in total. The summed E-state index contributed by atoms with van der Waals surface area (Å²) in [5.74, 6) is 0.500. The van der Waals surface area contributed by atoms with Crippen LogP contribution >= 0.6 is 23.2 Å². The Labute approximate surface area is 140 Å². The molecular weight excluding hydrogens is 323 g/mol. The zero-order valence-electron chi connectivity index (χ0n) is 12.8. The second-order valence-corrected chi connectivity index (χ2v) is 7.15. The van der Waals surface area contributed by atoms with Crippen LogP contribution in [0.3, 0.4) is 0 Å². The second-order valence-electron chi connectivity index (χ2n) is 6.30. The largest absolute Gasteiger partial charge is 0.484 e. The number of hydrogen-bond acceptors (Lipinski definition) is 3. The minimum atomic E-state index is -0.679. The summed E-state index contributed by atoms with van der Waals surface area (Å²) < 4.78 is 7.84. The Morgan fingerprint density at radius 2 is 2.05 bits per heavy atom. The Morgan fingerprint density at radius 3 is 2.59 bits per heavy atom. The number of imidazole rings is 1. The molecule has 0 aliphatic heterocycles. The molecule has 6 heteroatoms. The molecule has 22 heavy (non-hydrogen) atoms. The summed E-state index contributed by atoms with van der Waals surface area (Å²) in [7, 11) is 0. The molecule has 0 aliphatic carbocycles. The summed E-state index contributed by atoms with van der Waals surface area (Å²) >= 11 is 12.1. The molecular formula is C16H20Cl2N2O2. The molecule has 0 spiro atoms. The first kappa shape index (κ1) is 17.1. The molecule has 0 saturated heterocycles. The maximum atomic E-state index is 10.6. The van der Waals surface area contributed by atoms with Gasteiger partial charge in [-0.05, 0) is 23.6 Å². The van der Waals surface area contributed by atoms with Gasteiger partial charge in [0.25, 0.3) is 0 Å². The van der Waals surface area contributed by atoms with Gasteiger partial charge >= 0.3 is 0 Å². The van der Waals surface area contributed by atoms with E-state index in [1.54, 1.807) is 30.7 Å². The van der Waals surface area contributed by atoms with Crippen molar-refractivity contribution in [2.45, 2.75) is 39.5 Å². The van der Waals surface area contributed by atoms with Gasteiger partial charge in [-0.15, -0.1) is 0 Å². The highest BCUT2D eigenvalue weighted by atomic mass is 35.5. The average molecular weight is 343 g/mol. The first-order valence-electron chi connectivity index (χ1n) is 7.03. The normalized spacial score (nSPS) is 14.6. The number of benzene rings is 1. The van der Waals surface area contributed by atoms with Gasteiger partial charge in [0.05, 0.1) is 24.0 Å². The molecule has 0 radical (unpaired) electrons. The molecule has 1 heterocycles. The molecule has 0 aliphatic rings. The highest BCUT2D eigenvalue weighted by Crippen LogP contribution is 2.31. The summed E-state index contributed by atoms with van der Waals surface area (Å²) in [4.78, 5) is 4.02. The first-order chi connectivity index (χ1) is 10.3. The van der Waals surface area contributed by atoms with Gasteiger partial charge in [-0.3, -0.25) is 0 Å². The molecule has 2 unspecified atom stereocenters. The first-order valence-corrected chi connectivity index (χ1v) is 7.78. The smallest absolute Gasteiger partial charge is 0.143 e. The fourth-order valence-electron chi connectivity index (χ4n) is 2.10. The third-order valence-corrected chi connectivity index (χ3v) is 3.89. The van der Waals surface area contributed by atoms with E-state index in [4.69, 9.17) is 27.9 Å². The van der Waals surface area contributed by atoms with Gasteiger partial charge < -0.3 is 14.4 Å². The van der Waals surface area contributed by atoms with Crippen LogP contribution in [0.1, 0.15) is 20.8 Å². The minimum Gasteiger partial charge on any atom is -0.484 e. The Bertz CT molecular complexity index is 609. The zero-order chi connectivity index (χ0) is 16.3. The Balaban J connectivity index is 2.23. The Hall–Kier alpha value is -1.23. The van der Waals surface area contributed by atoms with Gasteiger partial charge in [0.1, 0.15) is 11.9 Å². The number of hydrogen-bond donors (Lipinski definition) is 1. The minimum absolute atomic E-state index is 0.329. The summed E-state index contributed by atoms with van der Waals surface area (Å²) in [6, 6.07) is 5.04. The van der Waals surface area contributed by atoms with Crippen molar-refractivity contribution in [3.8, 4) is 5.75 Å². The molecule has 1 aromatic carbocycles. The van der Waals surface area contributed by atoms with Crippen molar-refractivity contribution in [3.05, 3.63) is 47.0 Å². The summed E-state index contributed by atoms with van der Waals surface area (Å²) in [6.07, 6.45) is 4.06. The number of nitrogens with zero attached hydrogens (tertiary/aromatic N) is 2. The van der Waals surface area contributed by atoms with Gasteiger partial charge in [-0.1, -0.05) is 44.0 Å². The average Bonchev–Trinajstić information content (AvgIpc) is 2.92. The molecule has 2 rings (SSSR count). The number of ether oxygens (including phenoxy) is 1. The topological polar surface area (TPSA) is 47.3 Å². The van der Waals surface area contributed by atoms with Crippen molar-refractivity contribution in [3.63, 3.8) is 0 Å². The highest BCUT2D eigenvalue weighted by molar-refractivity contribution is 6.35. The predicted molar refractivity (Wildman–Crippen MR) is 88.6 cm³/mol. The summed E-state index contributed by atoms with van der Waals surface area (Å²) in [6.45, 7) is 6.36. The third kappa shape index (κ3) is 4.38. The van der Waals surface area contributed by atoms with Crippen LogP contribution in [0, 0.1) is 5.41 Å². The van der Waals surface area contributed by atoms with Crippen LogP contribution < -0.4 is 4.74 Å². The maximum absolute atomic E-state index is 10.6. The Morgan fingerprint density at radius 1 is 1.32 bits per heavy atom. The van der Waals surface area contributed by atoms with Crippen LogP contribution in [-0.4, -0.2) is 26.9 Å². The number of halogens is 2. The zero-order valence-corrected chi connectivity index (χ0v) is 14.3. The summed E-state index contributed by atoms with van der Waals surface area (Å²) in [5, 5.41) is 11.6. The van der Waals surface area contributed by atoms with E-state index in [2.05, 4.69) is 4.98 Å². The highest BCUT2D eigenvalue weighted by Gasteiger charge is 2.32. The molecule has 2 atom stereocenters. The SMILES string of the molecule is CC(C)(C)C(O)C(Cn1ccnc1)Oc1ccc(Cl)cc1Cl. The van der Waals surface area contributed by atoms with E-state index in [1.807, 2.05) is 31.5 Å². The van der Waals surface area contributed by atoms with Gasteiger partial charge in [0, 0.05) is 17.4 Å². The van der Waals surface area contributed by atoms with E-state index in [-0.39, 0.29) is 5.41 Å². The summed E-state index contributed by atoms with van der Waals surface area (Å²) in [5.41, 5.74) is -0.329. The predicted octanol–water partition coefficient (Wildman–Crippen LogP) is 4.04. The van der Waals surface area contributed by atoms with Crippen LogP contribution in [0.25, 0.3) is 0 Å². The van der Waals surface area contributed by atoms with Crippen LogP contribution in [0.2, 0.25) is 10.0 Å². The van der Waals surface area contributed by atoms with E-state index in [0.29, 0.717) is 22.3 Å². The quantitative estimate of drug-likeness (QED) is 0.891. The lowest BCUT2D eigenvalue weighted by molar-refractivity contribution is -0.0383. The standard InChI is InChI=1S/C16H20Cl2N2O2/c1-16(2,3)15(21)14(9-20-7-6-19-10-20)22-13-5-4-11(17)8-12(13)18/h4-8,10,14-15,21H,9H2,1-3H3. The monoisotopic (exact) mass is 342 g/mol. The number of aromatic nitrogens is 2. The molecule has 2 aromatic rings. The van der Waals surface area contributed by atoms with Gasteiger partial charge in [-0.25, -0.2) is 4.98 Å². The van der Waals surface area contributed by atoms with Gasteiger partial charge in [-0.2, -0.15) is 0 Å². The molecule has 1 N–H and O–H groups in total. The van der Waals surface area contributed by atoms with Crippen molar-refractivity contribution < 1.29 is 9.84 Å². The van der Waals surface area contributed by atoms with Crippen molar-refractivity contribution in [1.29, 1.82) is 0 Å². The Kier molecular flexibility index (Phi) is 5.37. The molecule has 0 bridgehead atoms. The lowest BCUT2D eigenvalue weighted by atomic mass is 9.85. The number of rotatable bonds is 5. The molecule has 0 amide bonds. The molecule has 0 saturated carbocycles. The fourth-order valence-corrected chi connectivity index (χ4v) is 2.55. The van der Waals surface area contributed by atoms with E-state index < -0.39 is 12.2 Å². The van der Waals surface area contributed by atoms with E-state index in [9.17, 15) is 5.11 Å². The lowest BCUT2D eigenvalue weighted by Crippen LogP contribution is -2.43. The van der Waals surface area contributed by atoms with Crippen molar-refractivity contribution in [1.82, 2.24) is 9.55 Å². The van der Waals surface area contributed by atoms with Crippen LogP contribution in [0.5, 0.6) is 5.75 Å². The second kappa shape index (κ2) is 6.90. The van der Waals surface area contributed by atoms with Crippen LogP contribution in [0.4, 0.5) is 0 Å². The fraction of sp³-hybridized carbons (Fsp3) is 0.438. The van der Waals surface area contributed by atoms with E-state index in [0.717, 1.165) is 0 Å². The van der Waals surface area contributed by atoms with E-state index >= 15 is 0 Å². The third-order valence-electron chi connectivity index (χ3n) is 3.36. The van der Waals surface area contributed by atoms with E-state index in [1.165, 1.54) is 0 Å². The van der Waals surface area contributed by atoms with Crippen molar-refractivity contribution in [2.24, 2.45) is 5.41 Å². The number of aliphatic hydroxyl groups is 1. The number of aliphatic hydroxyl groups excluding tert-OH is 1. The molecule has 0 fully saturated rings. The van der Waals surface area contributed by atoms with Crippen molar-refractivity contribution in [2.75, 3.05) is 0 Å². The van der Waals surface area contributed by atoms with Crippen LogP contribution in [0.15, 0.2) is 36.9 Å². The van der Waals surface area contributed by atoms with Crippen LogP contribution in [-0.2, 0) is 6.54 Å². The van der Waals surface area contributed by atoms with Crippen molar-refractivity contribution >= 4 is 23.2 Å². The maximum Gasteiger partial charge on any atom is 0.143 e. The van der Waals surface area contributed by atoms with Gasteiger partial charge in [0.15, 0.2) is 0 Å². The van der Waals surface area contributed by atoms with Gasteiger partial charge in [0.2, 0.25) is 0 Å². The molecule has 1 aromatic heterocycles. The lowest BCUT2D eigenvalue weighted by Gasteiger charge is -2.33. The molecule has 120 valence electrons.